The molecule has 2 aromatic rings. The lowest BCUT2D eigenvalue weighted by molar-refractivity contribution is 0.192. The molecule has 1 fully saturated rings. The SMILES string of the molecule is Cc1csc2nc(CN3CCC[C@@H](NS(C)(=O)=O)C3)cc(=O)n12. The van der Waals surface area contributed by atoms with Crippen LogP contribution >= 0.6 is 11.3 Å². The number of aromatic nitrogens is 2. The maximum absolute atomic E-state index is 12.2. The molecule has 0 amide bonds. The lowest BCUT2D eigenvalue weighted by atomic mass is 10.1. The van der Waals surface area contributed by atoms with Gasteiger partial charge in [-0.1, -0.05) is 0 Å². The van der Waals surface area contributed by atoms with Gasteiger partial charge in [0.05, 0.1) is 11.9 Å². The maximum atomic E-state index is 12.2. The number of aryl methyl sites for hydroxylation is 1. The first-order valence-corrected chi connectivity index (χ1v) is 10.3. The van der Waals surface area contributed by atoms with Crippen molar-refractivity contribution >= 4 is 26.3 Å². The summed E-state index contributed by atoms with van der Waals surface area (Å²) in [6.07, 6.45) is 2.94. The van der Waals surface area contributed by atoms with Crippen LogP contribution in [0.3, 0.4) is 0 Å². The fourth-order valence-corrected chi connectivity index (χ4v) is 4.70. The summed E-state index contributed by atoms with van der Waals surface area (Å²) in [5.74, 6) is 0. The van der Waals surface area contributed by atoms with Crippen LogP contribution in [0.15, 0.2) is 16.2 Å². The highest BCUT2D eigenvalue weighted by atomic mass is 32.2. The Morgan fingerprint density at radius 3 is 3.00 bits per heavy atom. The lowest BCUT2D eigenvalue weighted by Gasteiger charge is -2.32. The molecule has 0 unspecified atom stereocenters. The van der Waals surface area contributed by atoms with Crippen molar-refractivity contribution in [2.75, 3.05) is 19.3 Å². The van der Waals surface area contributed by atoms with Gasteiger partial charge in [0.25, 0.3) is 5.56 Å². The molecule has 0 aliphatic carbocycles. The number of thiazole rings is 1. The third-order valence-corrected chi connectivity index (χ3v) is 5.61. The molecular formula is C14H20N4O3S2. The first-order chi connectivity index (χ1) is 10.8. The van der Waals surface area contributed by atoms with E-state index in [1.54, 1.807) is 10.5 Å². The molecule has 0 aromatic carbocycles. The average Bonchev–Trinajstić information content (AvgIpc) is 2.79. The molecule has 9 heteroatoms. The predicted molar refractivity (Wildman–Crippen MR) is 90.4 cm³/mol. The van der Waals surface area contributed by atoms with Crippen LogP contribution in [-0.2, 0) is 16.6 Å². The number of nitrogens with zero attached hydrogens (tertiary/aromatic N) is 3. The Morgan fingerprint density at radius 1 is 1.48 bits per heavy atom. The van der Waals surface area contributed by atoms with Gasteiger partial charge in [-0.25, -0.2) is 18.1 Å². The van der Waals surface area contributed by atoms with E-state index in [4.69, 9.17) is 0 Å². The summed E-state index contributed by atoms with van der Waals surface area (Å²) in [6.45, 7) is 3.97. The third kappa shape index (κ3) is 3.97. The van der Waals surface area contributed by atoms with Crippen molar-refractivity contribution in [2.24, 2.45) is 0 Å². The summed E-state index contributed by atoms with van der Waals surface area (Å²) >= 11 is 1.45. The largest absolute Gasteiger partial charge is 0.296 e. The van der Waals surface area contributed by atoms with Gasteiger partial charge in [-0.05, 0) is 26.3 Å². The number of nitrogens with one attached hydrogen (secondary N) is 1. The fraction of sp³-hybridized carbons (Fsp3) is 0.571. The van der Waals surface area contributed by atoms with Gasteiger partial charge in [0.2, 0.25) is 10.0 Å². The van der Waals surface area contributed by atoms with E-state index in [2.05, 4.69) is 14.6 Å². The summed E-state index contributed by atoms with van der Waals surface area (Å²) in [7, 11) is -3.20. The van der Waals surface area contributed by atoms with Crippen LogP contribution < -0.4 is 10.3 Å². The van der Waals surface area contributed by atoms with Crippen molar-refractivity contribution < 1.29 is 8.42 Å². The molecule has 0 radical (unpaired) electrons. The zero-order valence-corrected chi connectivity index (χ0v) is 14.8. The van der Waals surface area contributed by atoms with Crippen LogP contribution in [-0.4, -0.2) is 48.1 Å². The predicted octanol–water partition coefficient (Wildman–Crippen LogP) is 0.578. The highest BCUT2D eigenvalue weighted by molar-refractivity contribution is 7.88. The molecule has 1 aliphatic rings. The Labute approximate surface area is 139 Å². The number of fused-ring (bicyclic) bond motifs is 1. The molecule has 3 heterocycles. The minimum Gasteiger partial charge on any atom is -0.296 e. The van der Waals surface area contributed by atoms with E-state index >= 15 is 0 Å². The molecule has 2 aromatic heterocycles. The van der Waals surface area contributed by atoms with Crippen molar-refractivity contribution in [3.63, 3.8) is 0 Å². The van der Waals surface area contributed by atoms with Gasteiger partial charge in [-0.2, -0.15) is 0 Å². The topological polar surface area (TPSA) is 83.8 Å². The normalized spacial score (nSPS) is 20.2. The fourth-order valence-electron chi connectivity index (χ4n) is 3.01. The van der Waals surface area contributed by atoms with Crippen LogP contribution in [0, 0.1) is 6.92 Å². The molecule has 3 rings (SSSR count). The highest BCUT2D eigenvalue weighted by Gasteiger charge is 2.23. The Hall–Kier alpha value is -1.29. The quantitative estimate of drug-likeness (QED) is 0.866. The van der Waals surface area contributed by atoms with Gasteiger partial charge in [0.15, 0.2) is 4.96 Å². The van der Waals surface area contributed by atoms with E-state index in [9.17, 15) is 13.2 Å². The summed E-state index contributed by atoms with van der Waals surface area (Å²) in [4.78, 5) is 19.6. The van der Waals surface area contributed by atoms with Crippen LogP contribution in [0.25, 0.3) is 4.96 Å². The standard InChI is InChI=1S/C14H20N4O3S2/c1-10-9-22-14-15-12(6-13(19)18(10)14)8-17-5-3-4-11(7-17)16-23(2,20)21/h6,9,11,16H,3-5,7-8H2,1-2H3/t11-/m1/s1. The molecular weight excluding hydrogens is 336 g/mol. The number of rotatable bonds is 4. The zero-order chi connectivity index (χ0) is 16.6. The number of hydrogen-bond acceptors (Lipinski definition) is 6. The second-order valence-corrected chi connectivity index (χ2v) is 8.66. The zero-order valence-electron chi connectivity index (χ0n) is 13.2. The molecule has 23 heavy (non-hydrogen) atoms. The average molecular weight is 356 g/mol. The Balaban J connectivity index is 1.75. The highest BCUT2D eigenvalue weighted by Crippen LogP contribution is 2.15. The minimum absolute atomic E-state index is 0.0634. The van der Waals surface area contributed by atoms with E-state index in [1.165, 1.54) is 17.6 Å². The van der Waals surface area contributed by atoms with Crippen LogP contribution in [0.5, 0.6) is 0 Å². The van der Waals surface area contributed by atoms with Crippen LogP contribution in [0.2, 0.25) is 0 Å². The van der Waals surface area contributed by atoms with Crippen molar-refractivity contribution in [1.29, 1.82) is 0 Å². The summed E-state index contributed by atoms with van der Waals surface area (Å²) in [5, 5.41) is 1.92. The van der Waals surface area contributed by atoms with Crippen LogP contribution in [0.4, 0.5) is 0 Å². The Morgan fingerprint density at radius 2 is 2.26 bits per heavy atom. The minimum atomic E-state index is -3.20. The second-order valence-electron chi connectivity index (χ2n) is 6.05. The van der Waals surface area contributed by atoms with E-state index in [0.29, 0.717) is 18.1 Å². The molecule has 126 valence electrons. The smallest absolute Gasteiger partial charge is 0.259 e. The molecule has 7 nitrogen and oxygen atoms in total. The Bertz CT molecular complexity index is 872. The molecule has 0 saturated carbocycles. The van der Waals surface area contributed by atoms with E-state index in [0.717, 1.165) is 30.8 Å². The number of hydrogen-bond donors (Lipinski definition) is 1. The van der Waals surface area contributed by atoms with Gasteiger partial charge in [-0.15, -0.1) is 11.3 Å². The van der Waals surface area contributed by atoms with Gasteiger partial charge >= 0.3 is 0 Å². The van der Waals surface area contributed by atoms with Gasteiger partial charge in [0, 0.05) is 36.3 Å². The van der Waals surface area contributed by atoms with Crippen molar-refractivity contribution in [2.45, 2.75) is 32.4 Å². The molecule has 1 saturated heterocycles. The van der Waals surface area contributed by atoms with E-state index in [1.807, 2.05) is 12.3 Å². The van der Waals surface area contributed by atoms with Crippen LogP contribution in [0.1, 0.15) is 24.2 Å². The van der Waals surface area contributed by atoms with Crippen molar-refractivity contribution in [3.8, 4) is 0 Å². The van der Waals surface area contributed by atoms with Gasteiger partial charge in [-0.3, -0.25) is 14.1 Å². The Kier molecular flexibility index (Phi) is 4.54. The first kappa shape index (κ1) is 16.6. The number of likely N-dealkylation sites (tertiary alicyclic amines) is 1. The molecule has 1 N–H and O–H groups in total. The first-order valence-electron chi connectivity index (χ1n) is 7.48. The molecule has 1 aliphatic heterocycles. The lowest BCUT2D eigenvalue weighted by Crippen LogP contribution is -2.47. The summed E-state index contributed by atoms with van der Waals surface area (Å²) < 4.78 is 27.0. The van der Waals surface area contributed by atoms with Crippen molar-refractivity contribution in [1.82, 2.24) is 19.0 Å². The maximum Gasteiger partial charge on any atom is 0.259 e. The van der Waals surface area contributed by atoms with Crippen molar-refractivity contribution in [3.05, 3.63) is 33.2 Å². The monoisotopic (exact) mass is 356 g/mol. The van der Waals surface area contributed by atoms with Gasteiger partial charge < -0.3 is 0 Å². The van der Waals surface area contributed by atoms with E-state index < -0.39 is 10.0 Å². The summed E-state index contributed by atoms with van der Waals surface area (Å²) in [6, 6.07) is 1.49. The molecule has 0 spiro atoms. The van der Waals surface area contributed by atoms with Gasteiger partial charge in [0.1, 0.15) is 0 Å². The summed E-state index contributed by atoms with van der Waals surface area (Å²) in [5.41, 5.74) is 1.56. The number of piperidine rings is 1. The number of sulfonamides is 1. The van der Waals surface area contributed by atoms with E-state index in [-0.39, 0.29) is 11.6 Å². The second kappa shape index (κ2) is 6.31. The molecule has 0 bridgehead atoms. The molecule has 1 atom stereocenters. The third-order valence-electron chi connectivity index (χ3n) is 3.90.